The molecule has 3 aromatic heterocycles. The number of amides is 1. The molecule has 1 unspecified atom stereocenters. The summed E-state index contributed by atoms with van der Waals surface area (Å²) in [6.45, 7) is 1.25. The van der Waals surface area contributed by atoms with Crippen molar-refractivity contribution in [2.45, 2.75) is 50.7 Å². The summed E-state index contributed by atoms with van der Waals surface area (Å²) in [5.41, 5.74) is 2.24. The van der Waals surface area contributed by atoms with Crippen molar-refractivity contribution >= 4 is 17.1 Å². The predicted molar refractivity (Wildman–Crippen MR) is 112 cm³/mol. The van der Waals surface area contributed by atoms with Crippen LogP contribution in [-0.4, -0.2) is 53.1 Å². The van der Waals surface area contributed by atoms with Crippen molar-refractivity contribution in [2.75, 3.05) is 13.1 Å². The molecule has 5 rings (SSSR count). The zero-order valence-electron chi connectivity index (χ0n) is 17.3. The fourth-order valence-electron chi connectivity index (χ4n) is 4.96. The van der Waals surface area contributed by atoms with Gasteiger partial charge in [-0.05, 0) is 37.7 Å². The van der Waals surface area contributed by atoms with E-state index in [0.717, 1.165) is 24.0 Å². The maximum Gasteiger partial charge on any atom is 0.255 e. The number of pyridine rings is 1. The topological polar surface area (TPSA) is 89.1 Å². The first-order valence-corrected chi connectivity index (χ1v) is 10.9. The van der Waals surface area contributed by atoms with Crippen LogP contribution in [0.2, 0.25) is 0 Å². The maximum absolute atomic E-state index is 13.0. The molecule has 3 aromatic rings. The van der Waals surface area contributed by atoms with Crippen LogP contribution in [0.25, 0.3) is 11.2 Å². The average molecular weight is 409 g/mol. The molecule has 1 aliphatic carbocycles. The minimum absolute atomic E-state index is 0.00949. The van der Waals surface area contributed by atoms with E-state index in [0.29, 0.717) is 30.5 Å². The number of likely N-dealkylation sites (tertiary alicyclic amines) is 1. The highest BCUT2D eigenvalue weighted by Crippen LogP contribution is 2.32. The summed E-state index contributed by atoms with van der Waals surface area (Å²) in [6, 6.07) is 2.35. The van der Waals surface area contributed by atoms with Gasteiger partial charge in [-0.15, -0.1) is 0 Å². The van der Waals surface area contributed by atoms with E-state index in [4.69, 9.17) is 0 Å². The highest BCUT2D eigenvalue weighted by atomic mass is 16.3. The summed E-state index contributed by atoms with van der Waals surface area (Å²) in [6.07, 6.45) is 12.9. The minimum Gasteiger partial charge on any atom is -0.385 e. The van der Waals surface area contributed by atoms with Crippen molar-refractivity contribution in [3.63, 3.8) is 0 Å². The van der Waals surface area contributed by atoms with Gasteiger partial charge in [-0.1, -0.05) is 12.8 Å². The molecule has 2 aliphatic rings. The number of rotatable bonds is 4. The molecule has 2 fully saturated rings. The van der Waals surface area contributed by atoms with Crippen molar-refractivity contribution in [2.24, 2.45) is 13.0 Å². The second-order valence-electron chi connectivity index (χ2n) is 8.63. The largest absolute Gasteiger partial charge is 0.385 e. The lowest BCUT2D eigenvalue weighted by molar-refractivity contribution is 0.0420. The second-order valence-corrected chi connectivity index (χ2v) is 8.63. The van der Waals surface area contributed by atoms with E-state index in [1.807, 2.05) is 35.1 Å². The van der Waals surface area contributed by atoms with E-state index in [-0.39, 0.29) is 11.8 Å². The van der Waals surface area contributed by atoms with Crippen LogP contribution < -0.4 is 0 Å². The van der Waals surface area contributed by atoms with Crippen molar-refractivity contribution in [3.8, 4) is 0 Å². The number of piperidine rings is 1. The van der Waals surface area contributed by atoms with Gasteiger partial charge in [0, 0.05) is 44.8 Å². The summed E-state index contributed by atoms with van der Waals surface area (Å²) < 4.78 is 4.02. The third-order valence-corrected chi connectivity index (χ3v) is 6.77. The van der Waals surface area contributed by atoms with Gasteiger partial charge in [0.1, 0.15) is 17.4 Å². The third kappa shape index (κ3) is 3.39. The average Bonchev–Trinajstić information content (AvgIpc) is 3.52. The number of aliphatic hydroxyl groups is 1. The zero-order chi connectivity index (χ0) is 20.7. The molecule has 0 bridgehead atoms. The molecule has 1 saturated carbocycles. The summed E-state index contributed by atoms with van der Waals surface area (Å²) in [7, 11) is 1.89. The van der Waals surface area contributed by atoms with E-state index in [2.05, 4.69) is 19.5 Å². The van der Waals surface area contributed by atoms with Crippen LogP contribution in [0, 0.1) is 5.92 Å². The van der Waals surface area contributed by atoms with Gasteiger partial charge in [0.2, 0.25) is 0 Å². The molecule has 1 N–H and O–H groups in total. The Labute approximate surface area is 175 Å². The van der Waals surface area contributed by atoms with Gasteiger partial charge in [-0.2, -0.15) is 0 Å². The van der Waals surface area contributed by atoms with Crippen LogP contribution >= 0.6 is 0 Å². The number of imidazole rings is 2. The van der Waals surface area contributed by atoms with Gasteiger partial charge in [-0.3, -0.25) is 4.79 Å². The Morgan fingerprint density at radius 3 is 2.60 bits per heavy atom. The number of aliphatic hydroxyl groups excluding tert-OH is 1. The number of hydrogen-bond donors (Lipinski definition) is 1. The van der Waals surface area contributed by atoms with Gasteiger partial charge in [0.05, 0.1) is 11.9 Å². The molecule has 158 valence electrons. The lowest BCUT2D eigenvalue weighted by atomic mass is 9.90. The summed E-state index contributed by atoms with van der Waals surface area (Å²) in [5.74, 6) is 0.787. The minimum atomic E-state index is -0.597. The van der Waals surface area contributed by atoms with Crippen LogP contribution in [-0.2, 0) is 7.05 Å². The van der Waals surface area contributed by atoms with Gasteiger partial charge in [0.15, 0.2) is 5.65 Å². The summed E-state index contributed by atoms with van der Waals surface area (Å²) in [5, 5.41) is 10.7. The van der Waals surface area contributed by atoms with E-state index >= 15 is 0 Å². The molecule has 4 heterocycles. The lowest BCUT2D eigenvalue weighted by Crippen LogP contribution is -2.40. The highest BCUT2D eigenvalue weighted by Gasteiger charge is 2.30. The first-order valence-electron chi connectivity index (χ1n) is 10.9. The SMILES string of the molecule is Cn1ccnc1C(O)C1CCN(C(=O)c2cnc3c(c2)ncn3C2CCCC2)CC1. The number of carbonyl (C=O) groups excluding carboxylic acids is 1. The number of fused-ring (bicyclic) bond motifs is 1. The molecule has 1 amide bonds. The molecule has 1 aliphatic heterocycles. The Hall–Kier alpha value is -2.74. The van der Waals surface area contributed by atoms with E-state index in [1.165, 1.54) is 25.7 Å². The molecule has 8 heteroatoms. The number of hydrogen-bond acceptors (Lipinski definition) is 5. The predicted octanol–water partition coefficient (Wildman–Crippen LogP) is 2.87. The summed E-state index contributed by atoms with van der Waals surface area (Å²) in [4.78, 5) is 28.3. The molecule has 1 atom stereocenters. The van der Waals surface area contributed by atoms with Crippen LogP contribution in [0.15, 0.2) is 31.0 Å². The molecule has 0 spiro atoms. The van der Waals surface area contributed by atoms with E-state index in [1.54, 1.807) is 12.4 Å². The first-order chi connectivity index (χ1) is 14.6. The molecule has 1 saturated heterocycles. The standard InChI is InChI=1S/C22H28N6O2/c1-26-11-8-23-21(26)19(29)15-6-9-27(10-7-15)22(30)16-12-18-20(24-13-16)28(14-25-18)17-4-2-3-5-17/h8,11-15,17,19,29H,2-7,9-10H2,1H3. The number of aryl methyl sites for hydroxylation is 1. The van der Waals surface area contributed by atoms with E-state index in [9.17, 15) is 9.90 Å². The van der Waals surface area contributed by atoms with Gasteiger partial charge in [-0.25, -0.2) is 15.0 Å². The van der Waals surface area contributed by atoms with Crippen molar-refractivity contribution in [1.82, 2.24) is 29.0 Å². The molecular weight excluding hydrogens is 380 g/mol. The quantitative estimate of drug-likeness (QED) is 0.717. The number of carbonyl (C=O) groups is 1. The zero-order valence-corrected chi connectivity index (χ0v) is 17.3. The first kappa shape index (κ1) is 19.2. The monoisotopic (exact) mass is 408 g/mol. The van der Waals surface area contributed by atoms with Gasteiger partial charge < -0.3 is 19.1 Å². The van der Waals surface area contributed by atoms with Crippen molar-refractivity contribution in [3.05, 3.63) is 42.4 Å². The summed E-state index contributed by atoms with van der Waals surface area (Å²) >= 11 is 0. The Kier molecular flexibility index (Phi) is 5.02. The highest BCUT2D eigenvalue weighted by molar-refractivity contribution is 5.96. The van der Waals surface area contributed by atoms with Gasteiger partial charge in [0.25, 0.3) is 5.91 Å². The lowest BCUT2D eigenvalue weighted by Gasteiger charge is -2.34. The third-order valence-electron chi connectivity index (χ3n) is 6.77. The van der Waals surface area contributed by atoms with Crippen LogP contribution in [0.1, 0.15) is 66.9 Å². The maximum atomic E-state index is 13.0. The van der Waals surface area contributed by atoms with Crippen LogP contribution in [0.5, 0.6) is 0 Å². The second kappa shape index (κ2) is 7.83. The van der Waals surface area contributed by atoms with Crippen molar-refractivity contribution in [1.29, 1.82) is 0 Å². The molecule has 0 aromatic carbocycles. The Bertz CT molecular complexity index is 1040. The fraction of sp³-hybridized carbons (Fsp3) is 0.545. The Morgan fingerprint density at radius 2 is 1.90 bits per heavy atom. The number of aromatic nitrogens is 5. The van der Waals surface area contributed by atoms with E-state index < -0.39 is 6.10 Å². The number of nitrogens with zero attached hydrogens (tertiary/aromatic N) is 6. The molecule has 30 heavy (non-hydrogen) atoms. The fourth-order valence-corrected chi connectivity index (χ4v) is 4.96. The van der Waals surface area contributed by atoms with Crippen LogP contribution in [0.4, 0.5) is 0 Å². The van der Waals surface area contributed by atoms with Gasteiger partial charge >= 0.3 is 0 Å². The smallest absolute Gasteiger partial charge is 0.255 e. The van der Waals surface area contributed by atoms with Crippen LogP contribution in [0.3, 0.4) is 0 Å². The Morgan fingerprint density at radius 1 is 1.13 bits per heavy atom. The normalized spacial score (nSPS) is 19.6. The Balaban J connectivity index is 1.26. The molecule has 0 radical (unpaired) electrons. The molecule has 8 nitrogen and oxygen atoms in total. The molecular formula is C22H28N6O2. The van der Waals surface area contributed by atoms with Crippen molar-refractivity contribution < 1.29 is 9.90 Å².